The van der Waals surface area contributed by atoms with Gasteiger partial charge in [0.05, 0.1) is 6.61 Å². The molecule has 0 aliphatic carbocycles. The van der Waals surface area contributed by atoms with Crippen LogP contribution in [-0.2, 0) is 4.74 Å². The van der Waals surface area contributed by atoms with Crippen LogP contribution < -0.4 is 16.0 Å². The fraction of sp³-hybridized carbons (Fsp3) is 0.333. The Morgan fingerprint density at radius 2 is 1.95 bits per heavy atom. The molecular weight excluding hydrogens is 270 g/mol. The number of hydrogen-bond donors (Lipinski definition) is 3. The SMILES string of the molecule is C=CCNC(=O)Nc1cccc(NC(=O)OCC(C)C)c1. The van der Waals surface area contributed by atoms with Crippen molar-refractivity contribution in [2.24, 2.45) is 5.92 Å². The Bertz CT molecular complexity index is 501. The third-order valence-electron chi connectivity index (χ3n) is 2.32. The van der Waals surface area contributed by atoms with Crippen molar-refractivity contribution in [1.29, 1.82) is 0 Å². The van der Waals surface area contributed by atoms with E-state index in [1.165, 1.54) is 0 Å². The highest BCUT2D eigenvalue weighted by Gasteiger charge is 2.06. The summed E-state index contributed by atoms with van der Waals surface area (Å²) in [5.74, 6) is 0.275. The van der Waals surface area contributed by atoms with Crippen molar-refractivity contribution in [3.63, 3.8) is 0 Å². The molecule has 6 heteroatoms. The molecule has 0 aliphatic heterocycles. The molecule has 1 aromatic rings. The molecule has 0 unspecified atom stereocenters. The van der Waals surface area contributed by atoms with Crippen LogP contribution in [0.4, 0.5) is 21.0 Å². The van der Waals surface area contributed by atoms with E-state index in [9.17, 15) is 9.59 Å². The average Bonchev–Trinajstić information content (AvgIpc) is 2.43. The number of amides is 3. The molecule has 0 spiro atoms. The van der Waals surface area contributed by atoms with E-state index in [0.717, 1.165) is 0 Å². The molecule has 0 bridgehead atoms. The molecule has 114 valence electrons. The van der Waals surface area contributed by atoms with Gasteiger partial charge < -0.3 is 15.4 Å². The number of nitrogens with one attached hydrogen (secondary N) is 3. The second kappa shape index (κ2) is 8.63. The highest BCUT2D eigenvalue weighted by Crippen LogP contribution is 2.15. The summed E-state index contributed by atoms with van der Waals surface area (Å²) >= 11 is 0. The second-order valence-corrected chi connectivity index (χ2v) is 4.82. The summed E-state index contributed by atoms with van der Waals surface area (Å²) in [5.41, 5.74) is 1.11. The van der Waals surface area contributed by atoms with Gasteiger partial charge >= 0.3 is 12.1 Å². The molecule has 0 saturated carbocycles. The number of benzene rings is 1. The number of anilines is 2. The lowest BCUT2D eigenvalue weighted by Gasteiger charge is -2.10. The molecule has 0 fully saturated rings. The standard InChI is InChI=1S/C15H21N3O3/c1-4-8-16-14(19)17-12-6-5-7-13(9-12)18-15(20)21-10-11(2)3/h4-7,9,11H,1,8,10H2,2-3H3,(H,18,20)(H2,16,17,19). The van der Waals surface area contributed by atoms with Gasteiger partial charge in [0.15, 0.2) is 0 Å². The Morgan fingerprint density at radius 3 is 2.57 bits per heavy atom. The number of carbonyl (C=O) groups excluding carboxylic acids is 2. The number of rotatable bonds is 6. The fourth-order valence-electron chi connectivity index (χ4n) is 1.41. The maximum atomic E-state index is 11.5. The topological polar surface area (TPSA) is 79.5 Å². The van der Waals surface area contributed by atoms with Crippen LogP contribution in [0.5, 0.6) is 0 Å². The number of ether oxygens (including phenoxy) is 1. The van der Waals surface area contributed by atoms with Crippen molar-refractivity contribution in [3.05, 3.63) is 36.9 Å². The molecule has 6 nitrogen and oxygen atoms in total. The van der Waals surface area contributed by atoms with Gasteiger partial charge in [0.1, 0.15) is 0 Å². The maximum Gasteiger partial charge on any atom is 0.411 e. The third-order valence-corrected chi connectivity index (χ3v) is 2.32. The molecule has 3 amide bonds. The Balaban J connectivity index is 2.53. The largest absolute Gasteiger partial charge is 0.449 e. The lowest BCUT2D eigenvalue weighted by Crippen LogP contribution is -2.28. The number of urea groups is 1. The number of hydrogen-bond acceptors (Lipinski definition) is 3. The highest BCUT2D eigenvalue weighted by atomic mass is 16.5. The number of carbonyl (C=O) groups is 2. The third kappa shape index (κ3) is 7.00. The van der Waals surface area contributed by atoms with E-state index < -0.39 is 6.09 Å². The first-order valence-electron chi connectivity index (χ1n) is 6.71. The summed E-state index contributed by atoms with van der Waals surface area (Å²) in [5, 5.41) is 7.85. The second-order valence-electron chi connectivity index (χ2n) is 4.82. The molecule has 0 aliphatic rings. The van der Waals surface area contributed by atoms with Gasteiger partial charge in [-0.3, -0.25) is 5.32 Å². The zero-order valence-electron chi connectivity index (χ0n) is 12.3. The summed E-state index contributed by atoms with van der Waals surface area (Å²) < 4.78 is 5.02. The highest BCUT2D eigenvalue weighted by molar-refractivity contribution is 5.91. The van der Waals surface area contributed by atoms with E-state index in [2.05, 4.69) is 22.5 Å². The van der Waals surface area contributed by atoms with E-state index >= 15 is 0 Å². The Kier molecular flexibility index (Phi) is 6.80. The van der Waals surface area contributed by atoms with Crippen LogP contribution in [0.25, 0.3) is 0 Å². The van der Waals surface area contributed by atoms with E-state index in [0.29, 0.717) is 24.5 Å². The lowest BCUT2D eigenvalue weighted by atomic mass is 10.2. The van der Waals surface area contributed by atoms with E-state index in [1.54, 1.807) is 30.3 Å². The van der Waals surface area contributed by atoms with Gasteiger partial charge in [-0.25, -0.2) is 9.59 Å². The molecule has 0 atom stereocenters. The summed E-state index contributed by atoms with van der Waals surface area (Å²) in [6, 6.07) is 6.46. The van der Waals surface area contributed by atoms with Crippen LogP contribution in [0.1, 0.15) is 13.8 Å². The molecule has 3 N–H and O–H groups in total. The minimum atomic E-state index is -0.517. The summed E-state index contributed by atoms with van der Waals surface area (Å²) in [6.45, 7) is 8.16. The molecular formula is C15H21N3O3. The minimum Gasteiger partial charge on any atom is -0.449 e. The smallest absolute Gasteiger partial charge is 0.411 e. The Hall–Kier alpha value is -2.50. The van der Waals surface area contributed by atoms with Crippen LogP contribution in [0.15, 0.2) is 36.9 Å². The minimum absolute atomic E-state index is 0.275. The molecule has 0 saturated heterocycles. The van der Waals surface area contributed by atoms with Crippen LogP contribution in [-0.4, -0.2) is 25.3 Å². The van der Waals surface area contributed by atoms with Gasteiger partial charge in [-0.1, -0.05) is 26.0 Å². The summed E-state index contributed by atoms with van der Waals surface area (Å²) in [4.78, 5) is 23.0. The zero-order chi connectivity index (χ0) is 15.7. The van der Waals surface area contributed by atoms with Crippen LogP contribution in [0.2, 0.25) is 0 Å². The van der Waals surface area contributed by atoms with Crippen molar-refractivity contribution >= 4 is 23.5 Å². The zero-order valence-corrected chi connectivity index (χ0v) is 12.3. The average molecular weight is 291 g/mol. The molecule has 0 heterocycles. The van der Waals surface area contributed by atoms with Crippen molar-refractivity contribution in [3.8, 4) is 0 Å². The first kappa shape index (κ1) is 16.6. The molecule has 1 aromatic carbocycles. The molecule has 21 heavy (non-hydrogen) atoms. The first-order valence-corrected chi connectivity index (χ1v) is 6.71. The predicted molar refractivity (Wildman–Crippen MR) is 83.5 cm³/mol. The van der Waals surface area contributed by atoms with E-state index in [1.807, 2.05) is 13.8 Å². The van der Waals surface area contributed by atoms with Gasteiger partial charge in [0, 0.05) is 17.9 Å². The van der Waals surface area contributed by atoms with Gasteiger partial charge in [0.2, 0.25) is 0 Å². The molecule has 0 aromatic heterocycles. The van der Waals surface area contributed by atoms with E-state index in [-0.39, 0.29) is 11.9 Å². The Morgan fingerprint density at radius 1 is 1.29 bits per heavy atom. The van der Waals surface area contributed by atoms with Gasteiger partial charge in [0.25, 0.3) is 0 Å². The maximum absolute atomic E-state index is 11.5. The van der Waals surface area contributed by atoms with Gasteiger partial charge in [-0.05, 0) is 24.1 Å². The summed E-state index contributed by atoms with van der Waals surface area (Å²) in [7, 11) is 0. The van der Waals surface area contributed by atoms with Crippen molar-refractivity contribution in [2.75, 3.05) is 23.8 Å². The van der Waals surface area contributed by atoms with Crippen LogP contribution >= 0.6 is 0 Å². The van der Waals surface area contributed by atoms with E-state index in [4.69, 9.17) is 4.74 Å². The lowest BCUT2D eigenvalue weighted by molar-refractivity contribution is 0.147. The Labute approximate surface area is 124 Å². The predicted octanol–water partition coefficient (Wildman–Crippen LogP) is 3.20. The first-order chi connectivity index (χ1) is 10.0. The van der Waals surface area contributed by atoms with Crippen molar-refractivity contribution in [2.45, 2.75) is 13.8 Å². The normalized spacial score (nSPS) is 9.86. The molecule has 1 rings (SSSR count). The van der Waals surface area contributed by atoms with Crippen molar-refractivity contribution < 1.29 is 14.3 Å². The van der Waals surface area contributed by atoms with Crippen molar-refractivity contribution in [1.82, 2.24) is 5.32 Å². The summed E-state index contributed by atoms with van der Waals surface area (Å²) in [6.07, 6.45) is 1.07. The molecule has 0 radical (unpaired) electrons. The van der Waals surface area contributed by atoms with Gasteiger partial charge in [-0.15, -0.1) is 6.58 Å². The quantitative estimate of drug-likeness (QED) is 0.704. The van der Waals surface area contributed by atoms with Crippen LogP contribution in [0, 0.1) is 5.92 Å². The van der Waals surface area contributed by atoms with Crippen LogP contribution in [0.3, 0.4) is 0 Å². The monoisotopic (exact) mass is 291 g/mol. The fourth-order valence-corrected chi connectivity index (χ4v) is 1.41. The van der Waals surface area contributed by atoms with Gasteiger partial charge in [-0.2, -0.15) is 0 Å².